The standard InChI is InChI=1S/C21H30N2O2/c1-20(2,25-17-6-4-3-5-7-17)13-18(22)23-19-15-8-14-9-16(19)12-21(24,10-14)11-15/h3-7,14-16,19,24H,8-13H2,1-2H3,(H2,22,23). The van der Waals surface area contributed by atoms with Gasteiger partial charge in [-0.2, -0.15) is 0 Å². The second-order valence-electron chi connectivity index (χ2n) is 9.16. The van der Waals surface area contributed by atoms with E-state index >= 15 is 0 Å². The van der Waals surface area contributed by atoms with Crippen LogP contribution in [-0.2, 0) is 0 Å². The van der Waals surface area contributed by atoms with Crippen molar-refractivity contribution in [3.05, 3.63) is 30.3 Å². The number of nitrogens with zero attached hydrogens (tertiary/aromatic N) is 1. The van der Waals surface area contributed by atoms with Crippen LogP contribution in [0.1, 0.15) is 52.4 Å². The zero-order valence-corrected chi connectivity index (χ0v) is 15.3. The molecule has 0 spiro atoms. The van der Waals surface area contributed by atoms with Gasteiger partial charge in [-0.25, -0.2) is 0 Å². The Kier molecular flexibility index (Phi) is 4.06. The molecular weight excluding hydrogens is 312 g/mol. The van der Waals surface area contributed by atoms with Gasteiger partial charge in [-0.1, -0.05) is 18.2 Å². The van der Waals surface area contributed by atoms with Gasteiger partial charge >= 0.3 is 0 Å². The highest BCUT2D eigenvalue weighted by molar-refractivity contribution is 5.81. The summed E-state index contributed by atoms with van der Waals surface area (Å²) >= 11 is 0. The van der Waals surface area contributed by atoms with E-state index in [-0.39, 0.29) is 5.60 Å². The highest BCUT2D eigenvalue weighted by Gasteiger charge is 2.54. The van der Waals surface area contributed by atoms with Gasteiger partial charge in [0.05, 0.1) is 17.5 Å². The average Bonchev–Trinajstić information content (AvgIpc) is 2.49. The molecule has 3 N–H and O–H groups in total. The van der Waals surface area contributed by atoms with Crippen LogP contribution in [0.3, 0.4) is 0 Å². The number of aliphatic hydroxyl groups is 1. The van der Waals surface area contributed by atoms with Crippen molar-refractivity contribution in [2.24, 2.45) is 28.5 Å². The van der Waals surface area contributed by atoms with Crippen molar-refractivity contribution in [2.45, 2.75) is 69.6 Å². The SMILES string of the molecule is CC(C)(CC(N)=NC1C2CC3CC1CC(O)(C3)C2)Oc1ccccc1. The normalized spacial score (nSPS) is 37.3. The van der Waals surface area contributed by atoms with Crippen molar-refractivity contribution < 1.29 is 9.84 Å². The first-order valence-corrected chi connectivity index (χ1v) is 9.61. The maximum Gasteiger partial charge on any atom is 0.120 e. The summed E-state index contributed by atoms with van der Waals surface area (Å²) in [5.41, 5.74) is 5.53. The van der Waals surface area contributed by atoms with Gasteiger partial charge in [-0.15, -0.1) is 0 Å². The average molecular weight is 342 g/mol. The van der Waals surface area contributed by atoms with Crippen molar-refractivity contribution in [1.82, 2.24) is 0 Å². The summed E-state index contributed by atoms with van der Waals surface area (Å²) in [7, 11) is 0. The molecule has 2 atom stereocenters. The summed E-state index contributed by atoms with van der Waals surface area (Å²) in [6, 6.07) is 10.2. The van der Waals surface area contributed by atoms with Crippen LogP contribution in [0.15, 0.2) is 35.3 Å². The first kappa shape index (κ1) is 16.9. The van der Waals surface area contributed by atoms with Gasteiger partial charge in [-0.05, 0) is 75.8 Å². The molecule has 25 heavy (non-hydrogen) atoms. The summed E-state index contributed by atoms with van der Waals surface area (Å²) in [6.07, 6.45) is 5.86. The van der Waals surface area contributed by atoms with Crippen LogP contribution < -0.4 is 10.5 Å². The van der Waals surface area contributed by atoms with Crippen molar-refractivity contribution >= 4 is 5.84 Å². The van der Waals surface area contributed by atoms with Crippen molar-refractivity contribution in [3.8, 4) is 5.75 Å². The summed E-state index contributed by atoms with van der Waals surface area (Å²) < 4.78 is 6.09. The minimum Gasteiger partial charge on any atom is -0.487 e. The van der Waals surface area contributed by atoms with E-state index in [0.29, 0.717) is 36.1 Å². The number of benzene rings is 1. The molecule has 1 aromatic carbocycles. The van der Waals surface area contributed by atoms with Gasteiger partial charge < -0.3 is 15.6 Å². The Hall–Kier alpha value is -1.55. The highest BCUT2D eigenvalue weighted by atomic mass is 16.5. The van der Waals surface area contributed by atoms with E-state index in [9.17, 15) is 5.11 Å². The molecule has 0 saturated heterocycles. The second kappa shape index (κ2) is 6.01. The highest BCUT2D eigenvalue weighted by Crippen LogP contribution is 2.56. The fraction of sp³-hybridized carbons (Fsp3) is 0.667. The van der Waals surface area contributed by atoms with E-state index in [0.717, 1.165) is 25.0 Å². The topological polar surface area (TPSA) is 67.8 Å². The molecule has 4 saturated carbocycles. The molecule has 5 rings (SSSR count). The lowest BCUT2D eigenvalue weighted by molar-refractivity contribution is -0.132. The number of para-hydroxylation sites is 1. The molecule has 0 aliphatic heterocycles. The quantitative estimate of drug-likeness (QED) is 0.635. The first-order valence-electron chi connectivity index (χ1n) is 9.61. The Labute approximate surface area is 150 Å². The fourth-order valence-electron chi connectivity index (χ4n) is 5.68. The maximum absolute atomic E-state index is 10.7. The van der Waals surface area contributed by atoms with E-state index < -0.39 is 5.60 Å². The Morgan fingerprint density at radius 3 is 2.44 bits per heavy atom. The largest absolute Gasteiger partial charge is 0.487 e. The lowest BCUT2D eigenvalue weighted by atomic mass is 9.52. The molecule has 4 aliphatic rings. The molecule has 0 amide bonds. The number of ether oxygens (including phenoxy) is 1. The van der Waals surface area contributed by atoms with E-state index in [4.69, 9.17) is 15.5 Å². The molecular formula is C21H30N2O2. The van der Waals surface area contributed by atoms with Crippen molar-refractivity contribution in [2.75, 3.05) is 0 Å². The summed E-state index contributed by atoms with van der Waals surface area (Å²) in [4.78, 5) is 4.94. The number of hydrogen-bond donors (Lipinski definition) is 2. The van der Waals surface area contributed by atoms with Crippen molar-refractivity contribution in [1.29, 1.82) is 0 Å². The zero-order chi connectivity index (χ0) is 17.7. The lowest BCUT2D eigenvalue weighted by Gasteiger charge is -2.57. The maximum atomic E-state index is 10.7. The Bertz CT molecular complexity index is 639. The summed E-state index contributed by atoms with van der Waals surface area (Å²) in [5, 5.41) is 10.7. The molecule has 2 unspecified atom stereocenters. The van der Waals surface area contributed by atoms with Crippen LogP contribution in [0, 0.1) is 17.8 Å². The van der Waals surface area contributed by atoms with Gasteiger partial charge in [0.1, 0.15) is 11.4 Å². The molecule has 0 radical (unpaired) electrons. The van der Waals surface area contributed by atoms with E-state index in [1.54, 1.807) is 0 Å². The second-order valence-corrected chi connectivity index (χ2v) is 9.16. The zero-order valence-electron chi connectivity index (χ0n) is 15.3. The van der Waals surface area contributed by atoms with Crippen molar-refractivity contribution in [3.63, 3.8) is 0 Å². The molecule has 1 aromatic rings. The van der Waals surface area contributed by atoms with Crippen LogP contribution in [0.5, 0.6) is 5.75 Å². The molecule has 0 heterocycles. The predicted molar refractivity (Wildman–Crippen MR) is 99.7 cm³/mol. The number of hydrogen-bond acceptors (Lipinski definition) is 3. The van der Waals surface area contributed by atoms with Gasteiger partial charge in [0.25, 0.3) is 0 Å². The molecule has 4 fully saturated rings. The van der Waals surface area contributed by atoms with Crippen LogP contribution >= 0.6 is 0 Å². The predicted octanol–water partition coefficient (Wildman–Crippen LogP) is 3.53. The minimum absolute atomic E-state index is 0.296. The Balaban J connectivity index is 1.43. The monoisotopic (exact) mass is 342 g/mol. The molecule has 4 nitrogen and oxygen atoms in total. The Morgan fingerprint density at radius 2 is 1.84 bits per heavy atom. The molecule has 4 aliphatic carbocycles. The number of rotatable bonds is 5. The molecule has 136 valence electrons. The van der Waals surface area contributed by atoms with Gasteiger partial charge in [0, 0.05) is 6.42 Å². The third kappa shape index (κ3) is 3.55. The van der Waals surface area contributed by atoms with E-state index in [2.05, 4.69) is 13.8 Å². The molecule has 4 bridgehead atoms. The van der Waals surface area contributed by atoms with Crippen LogP contribution in [0.25, 0.3) is 0 Å². The van der Waals surface area contributed by atoms with E-state index in [1.807, 2.05) is 30.3 Å². The van der Waals surface area contributed by atoms with Gasteiger partial charge in [-0.3, -0.25) is 4.99 Å². The molecule has 4 heteroatoms. The number of aliphatic imine (C=N–C) groups is 1. The van der Waals surface area contributed by atoms with E-state index in [1.165, 1.54) is 12.8 Å². The van der Waals surface area contributed by atoms with Crippen LogP contribution in [0.4, 0.5) is 0 Å². The Morgan fingerprint density at radius 1 is 1.20 bits per heavy atom. The van der Waals surface area contributed by atoms with Crippen LogP contribution in [0.2, 0.25) is 0 Å². The van der Waals surface area contributed by atoms with Gasteiger partial charge in [0.15, 0.2) is 0 Å². The summed E-state index contributed by atoms with van der Waals surface area (Å²) in [6.45, 7) is 4.12. The molecule has 0 aromatic heterocycles. The third-order valence-corrected chi connectivity index (χ3v) is 6.25. The fourth-order valence-corrected chi connectivity index (χ4v) is 5.68. The third-order valence-electron chi connectivity index (χ3n) is 6.25. The van der Waals surface area contributed by atoms with Crippen LogP contribution in [-0.4, -0.2) is 28.2 Å². The smallest absolute Gasteiger partial charge is 0.120 e. The van der Waals surface area contributed by atoms with Gasteiger partial charge in [0.2, 0.25) is 0 Å². The first-order chi connectivity index (χ1) is 11.8. The number of amidine groups is 1. The summed E-state index contributed by atoms with van der Waals surface area (Å²) in [5.74, 6) is 3.26. The lowest BCUT2D eigenvalue weighted by Crippen LogP contribution is -2.56. The number of nitrogens with two attached hydrogens (primary N) is 1. The minimum atomic E-state index is -0.410.